The first-order chi connectivity index (χ1) is 16.4. The fourth-order valence-corrected chi connectivity index (χ4v) is 5.42. The number of nitrogens with one attached hydrogen (secondary N) is 1. The summed E-state index contributed by atoms with van der Waals surface area (Å²) in [5.74, 6) is -0.331. The fourth-order valence-electron chi connectivity index (χ4n) is 4.01. The molecule has 1 saturated heterocycles. The van der Waals surface area contributed by atoms with Crippen LogP contribution >= 0.6 is 0 Å². The highest BCUT2D eigenvalue weighted by atomic mass is 32.2. The molecule has 5 rings (SSSR count). The summed E-state index contributed by atoms with van der Waals surface area (Å²) in [7, 11) is -3.61. The van der Waals surface area contributed by atoms with Gasteiger partial charge in [-0.3, -0.25) is 4.79 Å². The van der Waals surface area contributed by atoms with Crippen LogP contribution in [0.5, 0.6) is 0 Å². The molecule has 9 heteroatoms. The molecule has 0 aliphatic carbocycles. The molecule has 34 heavy (non-hydrogen) atoms. The molecule has 2 aromatic carbocycles. The van der Waals surface area contributed by atoms with E-state index in [4.69, 9.17) is 9.72 Å². The Morgan fingerprint density at radius 1 is 1.00 bits per heavy atom. The van der Waals surface area contributed by atoms with E-state index in [1.165, 1.54) is 28.6 Å². The Kier molecular flexibility index (Phi) is 5.91. The molecule has 0 spiro atoms. The molecule has 2 aromatic heterocycles. The van der Waals surface area contributed by atoms with Crippen LogP contribution in [0.15, 0.2) is 78.0 Å². The summed E-state index contributed by atoms with van der Waals surface area (Å²) in [5.41, 5.74) is 4.45. The first-order valence-corrected chi connectivity index (χ1v) is 12.4. The monoisotopic (exact) mass is 476 g/mol. The van der Waals surface area contributed by atoms with E-state index < -0.39 is 10.0 Å². The lowest BCUT2D eigenvalue weighted by Crippen LogP contribution is -2.40. The third kappa shape index (κ3) is 4.21. The van der Waals surface area contributed by atoms with Gasteiger partial charge >= 0.3 is 0 Å². The Morgan fingerprint density at radius 3 is 2.47 bits per heavy atom. The summed E-state index contributed by atoms with van der Waals surface area (Å²) in [5, 5.41) is 2.94. The van der Waals surface area contributed by atoms with Crippen molar-refractivity contribution in [2.24, 2.45) is 0 Å². The van der Waals surface area contributed by atoms with Gasteiger partial charge in [0, 0.05) is 36.6 Å². The lowest BCUT2D eigenvalue weighted by atomic mass is 10.1. The highest BCUT2D eigenvalue weighted by Crippen LogP contribution is 2.28. The van der Waals surface area contributed by atoms with Gasteiger partial charge in [-0.2, -0.15) is 4.31 Å². The van der Waals surface area contributed by atoms with Crippen molar-refractivity contribution in [3.05, 3.63) is 84.2 Å². The Hall–Kier alpha value is -3.53. The van der Waals surface area contributed by atoms with Crippen LogP contribution in [0.3, 0.4) is 0 Å². The third-order valence-corrected chi connectivity index (χ3v) is 7.77. The number of fused-ring (bicyclic) bond motifs is 1. The minimum Gasteiger partial charge on any atom is -0.379 e. The average Bonchev–Trinajstić information content (AvgIpc) is 3.31. The van der Waals surface area contributed by atoms with Crippen LogP contribution in [0.2, 0.25) is 0 Å². The normalized spacial score (nSPS) is 14.9. The maximum absolute atomic E-state index is 13.0. The zero-order valence-electron chi connectivity index (χ0n) is 18.6. The molecule has 4 aromatic rings. The number of benzene rings is 2. The topological polar surface area (TPSA) is 93.0 Å². The number of sulfonamides is 1. The molecule has 3 heterocycles. The van der Waals surface area contributed by atoms with E-state index in [-0.39, 0.29) is 10.8 Å². The van der Waals surface area contributed by atoms with E-state index >= 15 is 0 Å². The molecule has 1 N–H and O–H groups in total. The number of ether oxygens (including phenoxy) is 1. The van der Waals surface area contributed by atoms with Crippen molar-refractivity contribution in [3.8, 4) is 11.3 Å². The molecule has 1 fully saturated rings. The lowest BCUT2D eigenvalue weighted by Gasteiger charge is -2.26. The molecular weight excluding hydrogens is 452 g/mol. The third-order valence-electron chi connectivity index (χ3n) is 5.85. The number of hydrogen-bond donors (Lipinski definition) is 1. The smallest absolute Gasteiger partial charge is 0.255 e. The van der Waals surface area contributed by atoms with E-state index in [1.807, 2.05) is 60.1 Å². The molecule has 1 amide bonds. The number of rotatable bonds is 5. The standard InChI is InChI=1S/C25H24N4O4S/c1-18-5-4-12-28-17-23(26-24(18)28)21-6-2-3-7-22(21)27-25(30)19-8-10-20(11-9-19)34(31,32)29-13-15-33-16-14-29/h2-12,17H,13-16H2,1H3,(H,27,30). The van der Waals surface area contributed by atoms with Crippen molar-refractivity contribution in [2.45, 2.75) is 11.8 Å². The van der Waals surface area contributed by atoms with Gasteiger partial charge < -0.3 is 14.5 Å². The second-order valence-corrected chi connectivity index (χ2v) is 10.0. The fraction of sp³-hybridized carbons (Fsp3) is 0.200. The van der Waals surface area contributed by atoms with Gasteiger partial charge in [-0.25, -0.2) is 13.4 Å². The summed E-state index contributed by atoms with van der Waals surface area (Å²) in [4.78, 5) is 17.9. The number of aryl methyl sites for hydroxylation is 1. The number of anilines is 1. The molecule has 1 aliphatic heterocycles. The summed E-state index contributed by atoms with van der Waals surface area (Å²) in [6.07, 6.45) is 3.87. The molecule has 0 saturated carbocycles. The van der Waals surface area contributed by atoms with Crippen LogP contribution in [0.4, 0.5) is 5.69 Å². The Balaban J connectivity index is 1.38. The molecule has 174 valence electrons. The van der Waals surface area contributed by atoms with Crippen LogP contribution in [0.25, 0.3) is 16.9 Å². The van der Waals surface area contributed by atoms with Crippen LogP contribution < -0.4 is 5.32 Å². The number of aromatic nitrogens is 2. The summed E-state index contributed by atoms with van der Waals surface area (Å²) in [6, 6.07) is 17.4. The van der Waals surface area contributed by atoms with Crippen LogP contribution in [0.1, 0.15) is 15.9 Å². The van der Waals surface area contributed by atoms with Gasteiger partial charge in [-0.15, -0.1) is 0 Å². The summed E-state index contributed by atoms with van der Waals surface area (Å²) < 4.78 is 34.2. The quantitative estimate of drug-likeness (QED) is 0.475. The zero-order chi connectivity index (χ0) is 23.7. The molecule has 1 aliphatic rings. The number of imidazole rings is 1. The Bertz CT molecular complexity index is 1460. The number of amides is 1. The van der Waals surface area contributed by atoms with Crippen molar-refractivity contribution >= 4 is 27.3 Å². The lowest BCUT2D eigenvalue weighted by molar-refractivity contribution is 0.0730. The number of nitrogens with zero attached hydrogens (tertiary/aromatic N) is 3. The van der Waals surface area contributed by atoms with Gasteiger partial charge in [0.25, 0.3) is 5.91 Å². The maximum atomic E-state index is 13.0. The Labute approximate surface area is 197 Å². The van der Waals surface area contributed by atoms with Crippen molar-refractivity contribution in [1.29, 1.82) is 0 Å². The van der Waals surface area contributed by atoms with Gasteiger partial charge in [0.2, 0.25) is 10.0 Å². The summed E-state index contributed by atoms with van der Waals surface area (Å²) in [6.45, 7) is 3.41. The minimum absolute atomic E-state index is 0.159. The van der Waals surface area contributed by atoms with E-state index in [2.05, 4.69) is 5.32 Å². The zero-order valence-corrected chi connectivity index (χ0v) is 19.5. The van der Waals surface area contributed by atoms with E-state index in [9.17, 15) is 13.2 Å². The Morgan fingerprint density at radius 2 is 1.74 bits per heavy atom. The first kappa shape index (κ1) is 22.3. The van der Waals surface area contributed by atoms with E-state index in [0.717, 1.165) is 22.5 Å². The molecular formula is C25H24N4O4S. The minimum atomic E-state index is -3.61. The number of para-hydroxylation sites is 1. The molecule has 0 atom stereocenters. The second kappa shape index (κ2) is 9.02. The van der Waals surface area contributed by atoms with Gasteiger partial charge in [-0.05, 0) is 48.9 Å². The number of carbonyl (C=O) groups excluding carboxylic acids is 1. The first-order valence-electron chi connectivity index (χ1n) is 11.0. The van der Waals surface area contributed by atoms with Gasteiger partial charge in [0.15, 0.2) is 0 Å². The van der Waals surface area contributed by atoms with Crippen molar-refractivity contribution in [1.82, 2.24) is 13.7 Å². The van der Waals surface area contributed by atoms with Gasteiger partial charge in [0.1, 0.15) is 5.65 Å². The number of hydrogen-bond acceptors (Lipinski definition) is 5. The highest BCUT2D eigenvalue weighted by Gasteiger charge is 2.26. The van der Waals surface area contributed by atoms with Crippen LogP contribution in [0, 0.1) is 6.92 Å². The predicted octanol–water partition coefficient (Wildman–Crippen LogP) is 3.58. The van der Waals surface area contributed by atoms with Crippen LogP contribution in [-0.4, -0.2) is 54.3 Å². The van der Waals surface area contributed by atoms with Crippen molar-refractivity contribution in [3.63, 3.8) is 0 Å². The molecule has 0 unspecified atom stereocenters. The number of pyridine rings is 1. The van der Waals surface area contributed by atoms with Crippen molar-refractivity contribution < 1.29 is 17.9 Å². The average molecular weight is 477 g/mol. The SMILES string of the molecule is Cc1cccn2cc(-c3ccccc3NC(=O)c3ccc(S(=O)(=O)N4CCOCC4)cc3)nc12. The maximum Gasteiger partial charge on any atom is 0.255 e. The second-order valence-electron chi connectivity index (χ2n) is 8.09. The molecule has 0 radical (unpaired) electrons. The predicted molar refractivity (Wildman–Crippen MR) is 129 cm³/mol. The van der Waals surface area contributed by atoms with E-state index in [0.29, 0.717) is 37.6 Å². The highest BCUT2D eigenvalue weighted by molar-refractivity contribution is 7.89. The van der Waals surface area contributed by atoms with E-state index in [1.54, 1.807) is 0 Å². The number of morpholine rings is 1. The summed E-state index contributed by atoms with van der Waals surface area (Å²) >= 11 is 0. The van der Waals surface area contributed by atoms with Gasteiger partial charge in [0.05, 0.1) is 29.5 Å². The van der Waals surface area contributed by atoms with Crippen LogP contribution in [-0.2, 0) is 14.8 Å². The largest absolute Gasteiger partial charge is 0.379 e. The van der Waals surface area contributed by atoms with Crippen molar-refractivity contribution in [2.75, 3.05) is 31.6 Å². The number of carbonyl (C=O) groups is 1. The van der Waals surface area contributed by atoms with Gasteiger partial charge in [-0.1, -0.05) is 24.3 Å². The molecule has 0 bridgehead atoms. The molecule has 8 nitrogen and oxygen atoms in total.